The molecule has 94 valence electrons. The first-order valence-corrected chi connectivity index (χ1v) is 6.20. The molecule has 1 aromatic rings. The SMILES string of the molecule is CNc1cc(CN2CCC(N(C)C)C2)ccn1. The number of hydrogen-bond acceptors (Lipinski definition) is 4. The van der Waals surface area contributed by atoms with E-state index in [1.54, 1.807) is 0 Å². The Kier molecular flexibility index (Phi) is 3.97. The van der Waals surface area contributed by atoms with E-state index in [1.807, 2.05) is 13.2 Å². The molecule has 2 rings (SSSR count). The smallest absolute Gasteiger partial charge is 0.125 e. The van der Waals surface area contributed by atoms with Crippen LogP contribution in [0.4, 0.5) is 5.82 Å². The number of anilines is 1. The maximum absolute atomic E-state index is 4.24. The van der Waals surface area contributed by atoms with E-state index >= 15 is 0 Å². The van der Waals surface area contributed by atoms with Crippen LogP contribution in [0.5, 0.6) is 0 Å². The summed E-state index contributed by atoms with van der Waals surface area (Å²) in [6, 6.07) is 4.94. The standard InChI is InChI=1S/C13H22N4/c1-14-13-8-11(4-6-15-13)9-17-7-5-12(10-17)16(2)3/h4,6,8,12H,5,7,9-10H2,1-3H3,(H,14,15). The highest BCUT2D eigenvalue weighted by Crippen LogP contribution is 2.17. The van der Waals surface area contributed by atoms with Gasteiger partial charge in [-0.05, 0) is 38.2 Å². The number of rotatable bonds is 4. The van der Waals surface area contributed by atoms with Crippen molar-refractivity contribution in [3.05, 3.63) is 23.9 Å². The average molecular weight is 234 g/mol. The number of likely N-dealkylation sites (N-methyl/N-ethyl adjacent to an activating group) is 1. The molecule has 0 amide bonds. The summed E-state index contributed by atoms with van der Waals surface area (Å²) in [4.78, 5) is 9.08. The fourth-order valence-corrected chi connectivity index (χ4v) is 2.34. The largest absolute Gasteiger partial charge is 0.373 e. The summed E-state index contributed by atoms with van der Waals surface area (Å²) in [5.74, 6) is 0.950. The van der Waals surface area contributed by atoms with E-state index < -0.39 is 0 Å². The van der Waals surface area contributed by atoms with Gasteiger partial charge in [0.25, 0.3) is 0 Å². The van der Waals surface area contributed by atoms with Gasteiger partial charge in [-0.15, -0.1) is 0 Å². The van der Waals surface area contributed by atoms with Crippen LogP contribution < -0.4 is 5.32 Å². The molecule has 4 heteroatoms. The van der Waals surface area contributed by atoms with E-state index in [-0.39, 0.29) is 0 Å². The van der Waals surface area contributed by atoms with Crippen LogP contribution in [0, 0.1) is 0 Å². The Balaban J connectivity index is 1.93. The van der Waals surface area contributed by atoms with Gasteiger partial charge in [-0.1, -0.05) is 0 Å². The molecule has 1 saturated heterocycles. The van der Waals surface area contributed by atoms with Gasteiger partial charge in [0.05, 0.1) is 0 Å². The van der Waals surface area contributed by atoms with Crippen molar-refractivity contribution in [2.75, 3.05) is 39.5 Å². The third kappa shape index (κ3) is 3.17. The van der Waals surface area contributed by atoms with Gasteiger partial charge in [-0.25, -0.2) is 4.98 Å². The summed E-state index contributed by atoms with van der Waals surface area (Å²) in [6.07, 6.45) is 3.15. The average Bonchev–Trinajstić information content (AvgIpc) is 2.78. The molecule has 1 N–H and O–H groups in total. The highest BCUT2D eigenvalue weighted by Gasteiger charge is 2.23. The van der Waals surface area contributed by atoms with Gasteiger partial charge in [0.2, 0.25) is 0 Å². The number of nitrogens with one attached hydrogen (secondary N) is 1. The zero-order valence-electron chi connectivity index (χ0n) is 11.0. The third-order valence-corrected chi connectivity index (χ3v) is 3.46. The maximum atomic E-state index is 4.24. The van der Waals surface area contributed by atoms with Crippen LogP contribution in [0.15, 0.2) is 18.3 Å². The third-order valence-electron chi connectivity index (χ3n) is 3.46. The Morgan fingerprint density at radius 2 is 2.35 bits per heavy atom. The van der Waals surface area contributed by atoms with Gasteiger partial charge < -0.3 is 10.2 Å². The molecule has 0 spiro atoms. The summed E-state index contributed by atoms with van der Waals surface area (Å²) in [5.41, 5.74) is 1.34. The van der Waals surface area contributed by atoms with Crippen molar-refractivity contribution < 1.29 is 0 Å². The van der Waals surface area contributed by atoms with Crippen LogP contribution in [0.1, 0.15) is 12.0 Å². The van der Waals surface area contributed by atoms with Crippen LogP contribution in [-0.2, 0) is 6.54 Å². The number of nitrogens with zero attached hydrogens (tertiary/aromatic N) is 3. The van der Waals surface area contributed by atoms with Gasteiger partial charge >= 0.3 is 0 Å². The number of hydrogen-bond donors (Lipinski definition) is 1. The predicted molar refractivity (Wildman–Crippen MR) is 71.2 cm³/mol. The quantitative estimate of drug-likeness (QED) is 0.850. The zero-order valence-corrected chi connectivity index (χ0v) is 11.0. The van der Waals surface area contributed by atoms with E-state index in [4.69, 9.17) is 0 Å². The Morgan fingerprint density at radius 3 is 3.00 bits per heavy atom. The Labute approximate surface area is 104 Å². The molecule has 17 heavy (non-hydrogen) atoms. The van der Waals surface area contributed by atoms with Crippen LogP contribution in [-0.4, -0.2) is 55.1 Å². The first kappa shape index (κ1) is 12.3. The minimum atomic E-state index is 0.709. The summed E-state index contributed by atoms with van der Waals surface area (Å²) >= 11 is 0. The number of aromatic nitrogens is 1. The summed E-state index contributed by atoms with van der Waals surface area (Å²) in [7, 11) is 6.24. The van der Waals surface area contributed by atoms with Crippen molar-refractivity contribution in [2.45, 2.75) is 19.0 Å². The molecule has 4 nitrogen and oxygen atoms in total. The molecular formula is C13H22N4. The molecule has 0 saturated carbocycles. The molecule has 1 aliphatic rings. The molecule has 0 bridgehead atoms. The van der Waals surface area contributed by atoms with Crippen LogP contribution in [0.2, 0.25) is 0 Å². The van der Waals surface area contributed by atoms with E-state index in [0.29, 0.717) is 6.04 Å². The molecular weight excluding hydrogens is 212 g/mol. The Hall–Kier alpha value is -1.13. The van der Waals surface area contributed by atoms with Gasteiger partial charge in [0.1, 0.15) is 5.82 Å². The minimum Gasteiger partial charge on any atom is -0.373 e. The molecule has 0 aliphatic carbocycles. The fraction of sp³-hybridized carbons (Fsp3) is 0.615. The second-order valence-corrected chi connectivity index (χ2v) is 4.94. The zero-order chi connectivity index (χ0) is 12.3. The molecule has 1 aromatic heterocycles. The molecule has 1 fully saturated rings. The predicted octanol–water partition coefficient (Wildman–Crippen LogP) is 1.26. The topological polar surface area (TPSA) is 31.4 Å². The molecule has 2 heterocycles. The van der Waals surface area contributed by atoms with E-state index in [2.05, 4.69) is 46.3 Å². The molecule has 0 aromatic carbocycles. The number of likely N-dealkylation sites (tertiary alicyclic amines) is 1. The molecule has 1 unspecified atom stereocenters. The summed E-state index contributed by atoms with van der Waals surface area (Å²) in [6.45, 7) is 3.39. The van der Waals surface area contributed by atoms with Gasteiger partial charge in [-0.3, -0.25) is 4.90 Å². The normalized spacial score (nSPS) is 21.1. The lowest BCUT2D eigenvalue weighted by molar-refractivity contribution is 0.264. The van der Waals surface area contributed by atoms with Crippen molar-refractivity contribution in [2.24, 2.45) is 0 Å². The second-order valence-electron chi connectivity index (χ2n) is 4.94. The molecule has 1 aliphatic heterocycles. The van der Waals surface area contributed by atoms with Gasteiger partial charge in [-0.2, -0.15) is 0 Å². The van der Waals surface area contributed by atoms with Crippen molar-refractivity contribution in [1.29, 1.82) is 0 Å². The van der Waals surface area contributed by atoms with Crippen LogP contribution in [0.25, 0.3) is 0 Å². The number of pyridine rings is 1. The highest BCUT2D eigenvalue weighted by atomic mass is 15.2. The monoisotopic (exact) mass is 234 g/mol. The molecule has 1 atom stereocenters. The van der Waals surface area contributed by atoms with Gasteiger partial charge in [0.15, 0.2) is 0 Å². The van der Waals surface area contributed by atoms with Crippen molar-refractivity contribution in [3.63, 3.8) is 0 Å². The Morgan fingerprint density at radius 1 is 1.53 bits per heavy atom. The van der Waals surface area contributed by atoms with Crippen LogP contribution >= 0.6 is 0 Å². The second kappa shape index (κ2) is 5.47. The van der Waals surface area contributed by atoms with E-state index in [9.17, 15) is 0 Å². The Bertz CT molecular complexity index is 364. The maximum Gasteiger partial charge on any atom is 0.125 e. The first-order chi connectivity index (χ1) is 8.19. The first-order valence-electron chi connectivity index (χ1n) is 6.20. The minimum absolute atomic E-state index is 0.709. The van der Waals surface area contributed by atoms with E-state index in [1.165, 1.54) is 25.1 Å². The fourth-order valence-electron chi connectivity index (χ4n) is 2.34. The highest BCUT2D eigenvalue weighted by molar-refractivity contribution is 5.36. The van der Waals surface area contributed by atoms with Gasteiger partial charge in [0, 0.05) is 38.9 Å². The van der Waals surface area contributed by atoms with Crippen molar-refractivity contribution >= 4 is 5.82 Å². The van der Waals surface area contributed by atoms with Crippen molar-refractivity contribution in [3.8, 4) is 0 Å². The lowest BCUT2D eigenvalue weighted by Crippen LogP contribution is -2.31. The molecule has 0 radical (unpaired) electrons. The summed E-state index contributed by atoms with van der Waals surface area (Å²) in [5, 5.41) is 3.08. The van der Waals surface area contributed by atoms with Crippen molar-refractivity contribution in [1.82, 2.24) is 14.8 Å². The summed E-state index contributed by atoms with van der Waals surface area (Å²) < 4.78 is 0. The van der Waals surface area contributed by atoms with E-state index in [0.717, 1.165) is 12.4 Å². The van der Waals surface area contributed by atoms with Crippen LogP contribution in [0.3, 0.4) is 0 Å². The lowest BCUT2D eigenvalue weighted by Gasteiger charge is -2.20. The lowest BCUT2D eigenvalue weighted by atomic mass is 10.2.